The summed E-state index contributed by atoms with van der Waals surface area (Å²) in [7, 11) is 0. The molecular formula is C20H28N6S2. The molecule has 8 heteroatoms. The van der Waals surface area contributed by atoms with Gasteiger partial charge in [0.25, 0.3) is 0 Å². The van der Waals surface area contributed by atoms with E-state index in [1.807, 2.05) is 13.0 Å². The molecule has 3 aromatic heterocycles. The molecule has 0 radical (unpaired) electrons. The van der Waals surface area contributed by atoms with E-state index in [1.165, 1.54) is 37.2 Å². The van der Waals surface area contributed by atoms with E-state index in [4.69, 9.17) is 4.98 Å². The van der Waals surface area contributed by atoms with E-state index in [0.717, 1.165) is 45.9 Å². The van der Waals surface area contributed by atoms with Gasteiger partial charge in [-0.2, -0.15) is 9.36 Å². The third-order valence-corrected chi connectivity index (χ3v) is 7.24. The second-order valence-electron chi connectivity index (χ2n) is 7.36. The van der Waals surface area contributed by atoms with Crippen molar-refractivity contribution in [1.82, 2.24) is 19.2 Å². The van der Waals surface area contributed by atoms with Crippen LogP contribution in [-0.2, 0) is 0 Å². The van der Waals surface area contributed by atoms with Gasteiger partial charge in [0.1, 0.15) is 10.8 Å². The van der Waals surface area contributed by atoms with Crippen molar-refractivity contribution in [2.75, 3.05) is 23.7 Å². The molecule has 0 spiro atoms. The zero-order valence-corrected chi connectivity index (χ0v) is 18.4. The van der Waals surface area contributed by atoms with E-state index in [-0.39, 0.29) is 0 Å². The second kappa shape index (κ2) is 8.71. The number of nitrogens with zero attached hydrogens (tertiary/aromatic N) is 4. The van der Waals surface area contributed by atoms with Gasteiger partial charge in [-0.15, -0.1) is 11.3 Å². The number of hydrogen-bond donors (Lipinski definition) is 2. The molecule has 0 aromatic carbocycles. The standard InChI is InChI=1S/C20H28N6S2/c1-4-26(5-2)15-8-6-14(7-9-15)21-19-18-16(10-11-27-18)22-20(24-19)23-17-12-13(3)25-28-17/h10-12,14-15H,4-9H2,1-3H3,(H2,21,22,23,24)/t14-,15+. The van der Waals surface area contributed by atoms with Crippen LogP contribution < -0.4 is 10.6 Å². The molecule has 1 saturated carbocycles. The Morgan fingerprint density at radius 1 is 1.14 bits per heavy atom. The summed E-state index contributed by atoms with van der Waals surface area (Å²) in [6.07, 6.45) is 4.89. The van der Waals surface area contributed by atoms with Crippen molar-refractivity contribution >= 4 is 49.9 Å². The van der Waals surface area contributed by atoms with Crippen LogP contribution in [0.2, 0.25) is 0 Å². The SMILES string of the molecule is CCN(CC)[C@H]1CC[C@@H](Nc2nc(Nc3cc(C)ns3)nc3ccsc23)CC1. The number of aryl methyl sites for hydroxylation is 1. The van der Waals surface area contributed by atoms with E-state index in [2.05, 4.69) is 50.2 Å². The number of aromatic nitrogens is 3. The maximum atomic E-state index is 4.80. The molecule has 0 aliphatic heterocycles. The van der Waals surface area contributed by atoms with E-state index in [1.54, 1.807) is 11.3 Å². The van der Waals surface area contributed by atoms with Crippen LogP contribution in [0.25, 0.3) is 10.2 Å². The fourth-order valence-corrected chi connectivity index (χ4v) is 5.51. The Balaban J connectivity index is 1.48. The Kier molecular flexibility index (Phi) is 6.08. The number of anilines is 3. The van der Waals surface area contributed by atoms with Crippen molar-refractivity contribution < 1.29 is 0 Å². The number of fused-ring (bicyclic) bond motifs is 1. The summed E-state index contributed by atoms with van der Waals surface area (Å²) in [5.74, 6) is 1.59. The first kappa shape index (κ1) is 19.5. The molecule has 0 amide bonds. The summed E-state index contributed by atoms with van der Waals surface area (Å²) >= 11 is 3.14. The first-order valence-corrected chi connectivity index (χ1v) is 11.8. The van der Waals surface area contributed by atoms with Gasteiger partial charge in [0.2, 0.25) is 5.95 Å². The Hall–Kier alpha value is -1.77. The summed E-state index contributed by atoms with van der Waals surface area (Å²) in [5, 5.41) is 10.1. The van der Waals surface area contributed by atoms with E-state index in [0.29, 0.717) is 12.0 Å². The topological polar surface area (TPSA) is 66.0 Å². The Labute approximate surface area is 174 Å². The zero-order chi connectivity index (χ0) is 19.5. The predicted molar refractivity (Wildman–Crippen MR) is 120 cm³/mol. The van der Waals surface area contributed by atoms with E-state index in [9.17, 15) is 0 Å². The van der Waals surface area contributed by atoms with Crippen molar-refractivity contribution in [3.8, 4) is 0 Å². The summed E-state index contributed by atoms with van der Waals surface area (Å²) < 4.78 is 5.46. The molecule has 0 unspecified atom stereocenters. The lowest BCUT2D eigenvalue weighted by molar-refractivity contribution is 0.167. The Morgan fingerprint density at radius 2 is 1.93 bits per heavy atom. The highest BCUT2D eigenvalue weighted by Gasteiger charge is 2.25. The van der Waals surface area contributed by atoms with Gasteiger partial charge in [0.05, 0.1) is 15.9 Å². The lowest BCUT2D eigenvalue weighted by Gasteiger charge is -2.36. The fraction of sp³-hybridized carbons (Fsp3) is 0.550. The largest absolute Gasteiger partial charge is 0.366 e. The van der Waals surface area contributed by atoms with Crippen LogP contribution in [0.4, 0.5) is 16.8 Å². The molecule has 150 valence electrons. The lowest BCUT2D eigenvalue weighted by atomic mass is 9.90. The molecular weight excluding hydrogens is 388 g/mol. The zero-order valence-electron chi connectivity index (χ0n) is 16.7. The number of nitrogens with one attached hydrogen (secondary N) is 2. The molecule has 1 aliphatic rings. The van der Waals surface area contributed by atoms with Crippen molar-refractivity contribution in [2.45, 2.75) is 58.5 Å². The van der Waals surface area contributed by atoms with E-state index >= 15 is 0 Å². The van der Waals surface area contributed by atoms with Gasteiger partial charge in [-0.05, 0) is 74.7 Å². The number of rotatable bonds is 7. The van der Waals surface area contributed by atoms with Gasteiger partial charge in [0.15, 0.2) is 0 Å². The molecule has 3 heterocycles. The molecule has 0 saturated heterocycles. The molecule has 0 bridgehead atoms. The monoisotopic (exact) mass is 416 g/mol. The minimum atomic E-state index is 0.477. The quantitative estimate of drug-likeness (QED) is 0.547. The van der Waals surface area contributed by atoms with Gasteiger partial charge in [-0.3, -0.25) is 0 Å². The van der Waals surface area contributed by atoms with Crippen LogP contribution in [0.3, 0.4) is 0 Å². The van der Waals surface area contributed by atoms with Crippen molar-refractivity contribution in [3.63, 3.8) is 0 Å². The highest BCUT2D eigenvalue weighted by Crippen LogP contribution is 2.32. The van der Waals surface area contributed by atoms with Crippen LogP contribution in [-0.4, -0.2) is 44.4 Å². The summed E-state index contributed by atoms with van der Waals surface area (Å²) in [5.41, 5.74) is 2.00. The maximum Gasteiger partial charge on any atom is 0.230 e. The molecule has 1 fully saturated rings. The minimum absolute atomic E-state index is 0.477. The first-order chi connectivity index (χ1) is 13.7. The summed E-state index contributed by atoms with van der Waals surface area (Å²) in [4.78, 5) is 12.1. The van der Waals surface area contributed by atoms with Crippen LogP contribution >= 0.6 is 22.9 Å². The van der Waals surface area contributed by atoms with Gasteiger partial charge in [-0.1, -0.05) is 13.8 Å². The van der Waals surface area contributed by atoms with Crippen LogP contribution in [0.1, 0.15) is 45.2 Å². The average Bonchev–Trinajstić information content (AvgIpc) is 3.33. The smallest absolute Gasteiger partial charge is 0.230 e. The normalized spacial score (nSPS) is 20.0. The van der Waals surface area contributed by atoms with Gasteiger partial charge >= 0.3 is 0 Å². The van der Waals surface area contributed by atoms with Crippen LogP contribution in [0.5, 0.6) is 0 Å². The first-order valence-electron chi connectivity index (χ1n) is 10.1. The molecule has 4 rings (SSSR count). The Bertz CT molecular complexity index is 908. The number of thiophene rings is 1. The maximum absolute atomic E-state index is 4.80. The van der Waals surface area contributed by atoms with Gasteiger partial charge in [0, 0.05) is 12.1 Å². The minimum Gasteiger partial charge on any atom is -0.366 e. The van der Waals surface area contributed by atoms with Crippen molar-refractivity contribution in [3.05, 3.63) is 23.2 Å². The van der Waals surface area contributed by atoms with E-state index < -0.39 is 0 Å². The molecule has 6 nitrogen and oxygen atoms in total. The van der Waals surface area contributed by atoms with Crippen molar-refractivity contribution in [1.29, 1.82) is 0 Å². The average molecular weight is 417 g/mol. The highest BCUT2D eigenvalue weighted by atomic mass is 32.1. The third-order valence-electron chi connectivity index (χ3n) is 5.53. The van der Waals surface area contributed by atoms with Gasteiger partial charge < -0.3 is 15.5 Å². The summed E-state index contributed by atoms with van der Waals surface area (Å²) in [6, 6.07) is 5.29. The lowest BCUT2D eigenvalue weighted by Crippen LogP contribution is -2.40. The van der Waals surface area contributed by atoms with Crippen LogP contribution in [0, 0.1) is 6.92 Å². The molecule has 3 aromatic rings. The molecule has 28 heavy (non-hydrogen) atoms. The molecule has 1 aliphatic carbocycles. The van der Waals surface area contributed by atoms with Gasteiger partial charge in [-0.25, -0.2) is 4.98 Å². The highest BCUT2D eigenvalue weighted by molar-refractivity contribution is 7.17. The molecule has 2 N–H and O–H groups in total. The summed E-state index contributed by atoms with van der Waals surface area (Å²) in [6.45, 7) is 8.81. The van der Waals surface area contributed by atoms with Crippen LogP contribution in [0.15, 0.2) is 17.5 Å². The number of hydrogen-bond acceptors (Lipinski definition) is 8. The van der Waals surface area contributed by atoms with Crippen molar-refractivity contribution in [2.24, 2.45) is 0 Å². The second-order valence-corrected chi connectivity index (χ2v) is 9.08. The predicted octanol–water partition coefficient (Wildman–Crippen LogP) is 5.26. The fourth-order valence-electron chi connectivity index (χ4n) is 4.07. The third kappa shape index (κ3) is 4.29. The molecule has 0 atom stereocenters. The Morgan fingerprint density at radius 3 is 2.61 bits per heavy atom.